The number of esters is 1. The van der Waals surface area contributed by atoms with Gasteiger partial charge in [-0.25, -0.2) is 14.0 Å². The third kappa shape index (κ3) is 5.27. The highest BCUT2D eigenvalue weighted by atomic mass is 19.1. The molecule has 0 aromatic heterocycles. The Bertz CT molecular complexity index is 959. The Labute approximate surface area is 188 Å². The summed E-state index contributed by atoms with van der Waals surface area (Å²) in [4.78, 5) is 27.0. The number of likely N-dealkylation sites (tertiary alicyclic amines) is 1. The van der Waals surface area contributed by atoms with Crippen LogP contribution >= 0.6 is 0 Å². The molecule has 170 valence electrons. The van der Waals surface area contributed by atoms with Gasteiger partial charge in [0.05, 0.1) is 18.2 Å². The number of amides is 2. The fraction of sp³-hybridized carbons (Fsp3) is 0.440. The Kier molecular flexibility index (Phi) is 6.74. The van der Waals surface area contributed by atoms with Crippen LogP contribution in [0.3, 0.4) is 0 Å². The molecule has 1 unspecified atom stereocenters. The second-order valence-corrected chi connectivity index (χ2v) is 8.88. The molecule has 1 heterocycles. The van der Waals surface area contributed by atoms with Crippen LogP contribution in [0.2, 0.25) is 0 Å². The molecule has 7 heteroatoms. The average Bonchev–Trinajstić information content (AvgIpc) is 3.19. The van der Waals surface area contributed by atoms with Crippen molar-refractivity contribution in [3.63, 3.8) is 0 Å². The van der Waals surface area contributed by atoms with Crippen LogP contribution in [0.4, 0.5) is 14.9 Å². The van der Waals surface area contributed by atoms with Gasteiger partial charge in [-0.1, -0.05) is 18.2 Å². The van der Waals surface area contributed by atoms with E-state index >= 15 is 0 Å². The molecule has 4 rings (SSSR count). The fourth-order valence-electron chi connectivity index (χ4n) is 4.79. The minimum absolute atomic E-state index is 0.210. The van der Waals surface area contributed by atoms with Crippen LogP contribution in [0.5, 0.6) is 0 Å². The first-order chi connectivity index (χ1) is 15.5. The van der Waals surface area contributed by atoms with E-state index in [-0.39, 0.29) is 17.4 Å². The van der Waals surface area contributed by atoms with Gasteiger partial charge >= 0.3 is 12.0 Å². The van der Waals surface area contributed by atoms with Crippen LogP contribution < -0.4 is 10.6 Å². The molecule has 2 N–H and O–H groups in total. The third-order valence-electron chi connectivity index (χ3n) is 6.62. The van der Waals surface area contributed by atoms with Gasteiger partial charge in [-0.05, 0) is 81.0 Å². The smallest absolute Gasteiger partial charge is 0.337 e. The zero-order valence-corrected chi connectivity index (χ0v) is 18.4. The molecule has 1 saturated heterocycles. The number of nitrogens with zero attached hydrogens (tertiary/aromatic N) is 1. The highest BCUT2D eigenvalue weighted by Crippen LogP contribution is 2.35. The van der Waals surface area contributed by atoms with Crippen LogP contribution in [-0.4, -0.2) is 48.7 Å². The largest absolute Gasteiger partial charge is 0.465 e. The van der Waals surface area contributed by atoms with E-state index in [4.69, 9.17) is 4.74 Å². The first-order valence-corrected chi connectivity index (χ1v) is 11.2. The third-order valence-corrected chi connectivity index (χ3v) is 6.62. The average molecular weight is 440 g/mol. The number of hydrogen-bond donors (Lipinski definition) is 2. The van der Waals surface area contributed by atoms with Gasteiger partial charge in [0.25, 0.3) is 0 Å². The summed E-state index contributed by atoms with van der Waals surface area (Å²) < 4.78 is 18.0. The molecule has 2 fully saturated rings. The van der Waals surface area contributed by atoms with Crippen molar-refractivity contribution in [2.45, 2.75) is 50.1 Å². The van der Waals surface area contributed by atoms with E-state index in [0.29, 0.717) is 17.3 Å². The summed E-state index contributed by atoms with van der Waals surface area (Å²) >= 11 is 0. The number of ether oxygens (including phenoxy) is 1. The predicted molar refractivity (Wildman–Crippen MR) is 121 cm³/mol. The minimum atomic E-state index is -0.439. The molecule has 6 nitrogen and oxygen atoms in total. The SMILES string of the molecule is COC(=O)c1cccc(NC(=O)NC2(CN3CCCC3Cc3ccc(F)cc3)CCC2)c1. The van der Waals surface area contributed by atoms with Gasteiger partial charge in [-0.15, -0.1) is 0 Å². The summed E-state index contributed by atoms with van der Waals surface area (Å²) in [6.45, 7) is 1.83. The van der Waals surface area contributed by atoms with E-state index in [1.54, 1.807) is 24.3 Å². The number of rotatable bonds is 7. The highest BCUT2D eigenvalue weighted by Gasteiger charge is 2.42. The Balaban J connectivity index is 1.36. The number of urea groups is 1. The van der Waals surface area contributed by atoms with Gasteiger partial charge in [0.1, 0.15) is 5.82 Å². The molecule has 2 aliphatic rings. The molecule has 1 atom stereocenters. The van der Waals surface area contributed by atoms with Gasteiger partial charge in [0.15, 0.2) is 0 Å². The number of halogens is 1. The van der Waals surface area contributed by atoms with Gasteiger partial charge in [0, 0.05) is 18.3 Å². The van der Waals surface area contributed by atoms with Crippen molar-refractivity contribution in [2.75, 3.05) is 25.5 Å². The van der Waals surface area contributed by atoms with E-state index in [1.165, 1.54) is 19.2 Å². The lowest BCUT2D eigenvalue weighted by Crippen LogP contribution is -2.61. The lowest BCUT2D eigenvalue weighted by Gasteiger charge is -2.46. The molecule has 0 bridgehead atoms. The van der Waals surface area contributed by atoms with E-state index in [9.17, 15) is 14.0 Å². The summed E-state index contributed by atoms with van der Waals surface area (Å²) in [5.74, 6) is -0.650. The molecule has 2 amide bonds. The first kappa shape index (κ1) is 22.3. The number of anilines is 1. The Morgan fingerprint density at radius 2 is 1.94 bits per heavy atom. The van der Waals surface area contributed by atoms with Crippen molar-refractivity contribution in [3.8, 4) is 0 Å². The molecular weight excluding hydrogens is 409 g/mol. The lowest BCUT2D eigenvalue weighted by molar-refractivity contribution is 0.0600. The number of carbonyl (C=O) groups excluding carboxylic acids is 2. The summed E-state index contributed by atoms with van der Waals surface area (Å²) in [5.41, 5.74) is 1.84. The molecule has 1 aliphatic carbocycles. The summed E-state index contributed by atoms with van der Waals surface area (Å²) in [6, 6.07) is 13.6. The second kappa shape index (κ2) is 9.69. The topological polar surface area (TPSA) is 70.7 Å². The van der Waals surface area contributed by atoms with Crippen molar-refractivity contribution < 1.29 is 18.7 Å². The van der Waals surface area contributed by atoms with Gasteiger partial charge in [-0.2, -0.15) is 0 Å². The van der Waals surface area contributed by atoms with Crippen LogP contribution in [-0.2, 0) is 11.2 Å². The van der Waals surface area contributed by atoms with Crippen molar-refractivity contribution in [1.82, 2.24) is 10.2 Å². The number of carbonyl (C=O) groups is 2. The van der Waals surface area contributed by atoms with Gasteiger partial charge < -0.3 is 15.4 Å². The standard InChI is InChI=1S/C25H30FN3O3/c1-32-23(30)19-5-2-6-21(16-19)27-24(31)28-25(12-4-13-25)17-29-14-3-7-22(29)15-18-8-10-20(26)11-9-18/h2,5-6,8-11,16,22H,3-4,7,12-15,17H2,1H3,(H2,27,28,31). The van der Waals surface area contributed by atoms with Gasteiger partial charge in [-0.3, -0.25) is 4.90 Å². The quantitative estimate of drug-likeness (QED) is 0.629. The maximum Gasteiger partial charge on any atom is 0.337 e. The van der Waals surface area contributed by atoms with Gasteiger partial charge in [0.2, 0.25) is 0 Å². The minimum Gasteiger partial charge on any atom is -0.465 e. The zero-order chi connectivity index (χ0) is 22.6. The van der Waals surface area contributed by atoms with Crippen molar-refractivity contribution in [2.24, 2.45) is 0 Å². The maximum absolute atomic E-state index is 13.2. The second-order valence-electron chi connectivity index (χ2n) is 8.88. The van der Waals surface area contributed by atoms with Crippen LogP contribution in [0.1, 0.15) is 48.0 Å². The molecular formula is C25H30FN3O3. The van der Waals surface area contributed by atoms with E-state index < -0.39 is 5.97 Å². The normalized spacial score (nSPS) is 19.8. The summed E-state index contributed by atoms with van der Waals surface area (Å²) in [7, 11) is 1.33. The molecule has 32 heavy (non-hydrogen) atoms. The van der Waals surface area contributed by atoms with Crippen LogP contribution in [0, 0.1) is 5.82 Å². The van der Waals surface area contributed by atoms with E-state index in [0.717, 1.165) is 57.2 Å². The molecule has 1 saturated carbocycles. The Morgan fingerprint density at radius 1 is 1.16 bits per heavy atom. The molecule has 0 spiro atoms. The van der Waals surface area contributed by atoms with Crippen molar-refractivity contribution >= 4 is 17.7 Å². The first-order valence-electron chi connectivity index (χ1n) is 11.2. The molecule has 0 radical (unpaired) electrons. The fourth-order valence-corrected chi connectivity index (χ4v) is 4.79. The molecule has 1 aliphatic heterocycles. The summed E-state index contributed by atoms with van der Waals surface area (Å²) in [5, 5.41) is 6.06. The van der Waals surface area contributed by atoms with Crippen LogP contribution in [0.15, 0.2) is 48.5 Å². The number of hydrogen-bond acceptors (Lipinski definition) is 4. The monoisotopic (exact) mass is 439 g/mol. The number of nitrogens with one attached hydrogen (secondary N) is 2. The highest BCUT2D eigenvalue weighted by molar-refractivity contribution is 5.94. The molecule has 2 aromatic carbocycles. The van der Waals surface area contributed by atoms with Crippen LogP contribution in [0.25, 0.3) is 0 Å². The van der Waals surface area contributed by atoms with E-state index in [2.05, 4.69) is 15.5 Å². The maximum atomic E-state index is 13.2. The molecule has 2 aromatic rings. The Hall–Kier alpha value is -2.93. The van der Waals surface area contributed by atoms with Crippen molar-refractivity contribution in [1.29, 1.82) is 0 Å². The lowest BCUT2D eigenvalue weighted by atomic mass is 9.76. The number of benzene rings is 2. The van der Waals surface area contributed by atoms with Crippen molar-refractivity contribution in [3.05, 3.63) is 65.5 Å². The zero-order valence-electron chi connectivity index (χ0n) is 18.4. The predicted octanol–water partition coefficient (Wildman–Crippen LogP) is 4.36. The Morgan fingerprint density at radius 3 is 2.62 bits per heavy atom. The number of methoxy groups -OCH3 is 1. The van der Waals surface area contributed by atoms with E-state index in [1.807, 2.05) is 12.1 Å². The summed E-state index contributed by atoms with van der Waals surface area (Å²) in [6.07, 6.45) is 6.12.